The lowest BCUT2D eigenvalue weighted by Crippen LogP contribution is -2.30. The van der Waals surface area contributed by atoms with Crippen molar-refractivity contribution < 1.29 is 24.2 Å². The molecule has 1 unspecified atom stereocenters. The summed E-state index contributed by atoms with van der Waals surface area (Å²) in [5.74, 6) is -1.20. The first-order chi connectivity index (χ1) is 9.13. The molecule has 2 aliphatic rings. The van der Waals surface area contributed by atoms with Gasteiger partial charge < -0.3 is 19.5 Å². The lowest BCUT2D eigenvalue weighted by Gasteiger charge is -2.20. The number of rotatable bonds is 4. The smallest absolute Gasteiger partial charge is 0.410 e. The molecule has 2 aliphatic heterocycles. The van der Waals surface area contributed by atoms with Crippen molar-refractivity contribution in [1.82, 2.24) is 4.90 Å². The van der Waals surface area contributed by atoms with E-state index >= 15 is 0 Å². The van der Waals surface area contributed by atoms with Crippen molar-refractivity contribution in [1.29, 1.82) is 0 Å². The molecule has 3 atom stereocenters. The van der Waals surface area contributed by atoms with Crippen LogP contribution in [0.2, 0.25) is 0 Å². The normalized spacial score (nSPS) is 30.3. The molecule has 2 saturated heterocycles. The third kappa shape index (κ3) is 3.07. The minimum atomic E-state index is -0.851. The van der Waals surface area contributed by atoms with Crippen LogP contribution in [-0.4, -0.2) is 55.0 Å². The van der Waals surface area contributed by atoms with Crippen molar-refractivity contribution in [2.75, 3.05) is 32.9 Å². The average molecular weight is 269 g/mol. The fourth-order valence-electron chi connectivity index (χ4n) is 2.83. The van der Waals surface area contributed by atoms with Gasteiger partial charge in [-0.15, -0.1) is 0 Å². The molecular formula is C13H19NO5. The fraction of sp³-hybridized carbons (Fsp3) is 0.692. The second-order valence-electron chi connectivity index (χ2n) is 5.00. The van der Waals surface area contributed by atoms with Crippen LogP contribution in [0, 0.1) is 17.8 Å². The van der Waals surface area contributed by atoms with E-state index in [-0.39, 0.29) is 25.0 Å². The van der Waals surface area contributed by atoms with Crippen LogP contribution < -0.4 is 0 Å². The first-order valence-corrected chi connectivity index (χ1v) is 6.46. The Balaban J connectivity index is 2.00. The predicted octanol–water partition coefficient (Wildman–Crippen LogP) is 0.978. The van der Waals surface area contributed by atoms with Gasteiger partial charge in [-0.25, -0.2) is 4.79 Å². The molecule has 0 bridgehead atoms. The number of aliphatic carboxylic acids is 1. The van der Waals surface area contributed by atoms with Crippen LogP contribution in [0.3, 0.4) is 0 Å². The average Bonchev–Trinajstić information content (AvgIpc) is 3.03. The molecule has 1 N–H and O–H groups in total. The number of carboxylic acid groups (broad SMARTS) is 1. The molecule has 0 radical (unpaired) electrons. The molecule has 19 heavy (non-hydrogen) atoms. The van der Waals surface area contributed by atoms with Crippen molar-refractivity contribution in [3.8, 4) is 0 Å². The molecule has 2 rings (SSSR count). The third-order valence-electron chi connectivity index (χ3n) is 3.84. The van der Waals surface area contributed by atoms with Crippen LogP contribution in [0.4, 0.5) is 4.79 Å². The van der Waals surface area contributed by atoms with Crippen molar-refractivity contribution in [3.63, 3.8) is 0 Å². The highest BCUT2D eigenvalue weighted by atomic mass is 16.6. The molecule has 0 aromatic carbocycles. The Hall–Kier alpha value is -1.56. The number of hydrogen-bond acceptors (Lipinski definition) is 4. The van der Waals surface area contributed by atoms with Gasteiger partial charge >= 0.3 is 12.1 Å². The molecule has 0 aliphatic carbocycles. The molecule has 0 aromatic rings. The topological polar surface area (TPSA) is 76.1 Å². The molecular weight excluding hydrogens is 250 g/mol. The first-order valence-electron chi connectivity index (χ1n) is 6.46. The minimum Gasteiger partial charge on any atom is -0.481 e. The zero-order valence-electron chi connectivity index (χ0n) is 10.8. The summed E-state index contributed by atoms with van der Waals surface area (Å²) in [6, 6.07) is 0. The zero-order valence-corrected chi connectivity index (χ0v) is 10.8. The van der Waals surface area contributed by atoms with Gasteiger partial charge in [0.2, 0.25) is 0 Å². The summed E-state index contributed by atoms with van der Waals surface area (Å²) >= 11 is 0. The van der Waals surface area contributed by atoms with E-state index in [9.17, 15) is 14.7 Å². The van der Waals surface area contributed by atoms with Gasteiger partial charge in [0.15, 0.2) is 0 Å². The molecule has 6 nitrogen and oxygen atoms in total. The second kappa shape index (κ2) is 6.06. The van der Waals surface area contributed by atoms with Gasteiger partial charge in [0.25, 0.3) is 0 Å². The van der Waals surface area contributed by atoms with E-state index in [1.807, 2.05) is 0 Å². The largest absolute Gasteiger partial charge is 0.481 e. The Morgan fingerprint density at radius 3 is 2.84 bits per heavy atom. The number of carbonyl (C=O) groups excluding carboxylic acids is 1. The number of amides is 1. The van der Waals surface area contributed by atoms with E-state index in [4.69, 9.17) is 9.47 Å². The second-order valence-corrected chi connectivity index (χ2v) is 5.00. The number of carboxylic acids is 1. The number of carbonyl (C=O) groups is 2. The third-order valence-corrected chi connectivity index (χ3v) is 3.84. The van der Waals surface area contributed by atoms with Gasteiger partial charge in [-0.05, 0) is 18.3 Å². The van der Waals surface area contributed by atoms with Crippen LogP contribution in [0.25, 0.3) is 0 Å². The Morgan fingerprint density at radius 1 is 1.47 bits per heavy atom. The number of ether oxygens (including phenoxy) is 2. The summed E-state index contributed by atoms with van der Waals surface area (Å²) in [6.45, 7) is 5.53. The minimum absolute atomic E-state index is 0.0451. The molecule has 0 spiro atoms. The molecule has 2 heterocycles. The Kier molecular flexibility index (Phi) is 4.42. The van der Waals surface area contributed by atoms with E-state index < -0.39 is 18.0 Å². The van der Waals surface area contributed by atoms with Crippen LogP contribution in [0.15, 0.2) is 12.7 Å². The molecule has 6 heteroatoms. The van der Waals surface area contributed by atoms with E-state index in [2.05, 4.69) is 6.58 Å². The van der Waals surface area contributed by atoms with Crippen molar-refractivity contribution >= 4 is 12.1 Å². The monoisotopic (exact) mass is 269 g/mol. The quantitative estimate of drug-likeness (QED) is 0.770. The first kappa shape index (κ1) is 13.9. The molecule has 0 saturated carbocycles. The molecule has 106 valence electrons. The van der Waals surface area contributed by atoms with Crippen molar-refractivity contribution in [2.45, 2.75) is 6.42 Å². The van der Waals surface area contributed by atoms with E-state index in [0.29, 0.717) is 19.8 Å². The Bertz CT molecular complexity index is 364. The highest BCUT2D eigenvalue weighted by Gasteiger charge is 2.44. The number of likely N-dealkylation sites (tertiary alicyclic amines) is 1. The van der Waals surface area contributed by atoms with Crippen LogP contribution >= 0.6 is 0 Å². The Morgan fingerprint density at radius 2 is 2.26 bits per heavy atom. The predicted molar refractivity (Wildman–Crippen MR) is 66.7 cm³/mol. The van der Waals surface area contributed by atoms with E-state index in [0.717, 1.165) is 6.42 Å². The van der Waals surface area contributed by atoms with E-state index in [1.165, 1.54) is 11.0 Å². The van der Waals surface area contributed by atoms with Crippen LogP contribution in [0.5, 0.6) is 0 Å². The summed E-state index contributed by atoms with van der Waals surface area (Å²) in [5, 5.41) is 9.28. The van der Waals surface area contributed by atoms with E-state index in [1.54, 1.807) is 0 Å². The van der Waals surface area contributed by atoms with Crippen LogP contribution in [0.1, 0.15) is 6.42 Å². The highest BCUT2D eigenvalue weighted by molar-refractivity contribution is 5.74. The maximum Gasteiger partial charge on any atom is 0.410 e. The summed E-state index contributed by atoms with van der Waals surface area (Å²) in [6.07, 6.45) is 1.89. The van der Waals surface area contributed by atoms with Gasteiger partial charge in [-0.1, -0.05) is 12.7 Å². The molecule has 2 fully saturated rings. The molecule has 0 aromatic heterocycles. The van der Waals surface area contributed by atoms with Gasteiger partial charge in [-0.3, -0.25) is 4.79 Å². The SMILES string of the molecule is C=CCOC(=O)N1C[C@@H](C(=O)O)[C@H](C2CCOC2)C1. The van der Waals surface area contributed by atoms with Gasteiger partial charge in [0, 0.05) is 26.3 Å². The lowest BCUT2D eigenvalue weighted by molar-refractivity contribution is -0.143. The van der Waals surface area contributed by atoms with Crippen molar-refractivity contribution in [2.24, 2.45) is 17.8 Å². The standard InChI is InChI=1S/C13H19NO5/c1-2-4-19-13(17)14-6-10(9-3-5-18-8-9)11(7-14)12(15)16/h2,9-11H,1,3-8H2,(H,15,16)/t9?,10-,11+/m0/s1. The zero-order chi connectivity index (χ0) is 13.8. The Labute approximate surface area is 112 Å². The number of hydrogen-bond donors (Lipinski definition) is 1. The van der Waals surface area contributed by atoms with Crippen molar-refractivity contribution in [3.05, 3.63) is 12.7 Å². The summed E-state index contributed by atoms with van der Waals surface area (Å²) in [4.78, 5) is 24.6. The number of nitrogens with zero attached hydrogens (tertiary/aromatic N) is 1. The van der Waals surface area contributed by atoms with Crippen LogP contribution in [-0.2, 0) is 14.3 Å². The maximum atomic E-state index is 11.8. The highest BCUT2D eigenvalue weighted by Crippen LogP contribution is 2.34. The van der Waals surface area contributed by atoms with Gasteiger partial charge in [0.05, 0.1) is 5.92 Å². The summed E-state index contributed by atoms with van der Waals surface area (Å²) in [5.41, 5.74) is 0. The summed E-state index contributed by atoms with van der Waals surface area (Å²) < 4.78 is 10.3. The maximum absolute atomic E-state index is 11.8. The summed E-state index contributed by atoms with van der Waals surface area (Å²) in [7, 11) is 0. The lowest BCUT2D eigenvalue weighted by atomic mass is 9.83. The molecule has 1 amide bonds. The fourth-order valence-corrected chi connectivity index (χ4v) is 2.83. The van der Waals surface area contributed by atoms with Gasteiger partial charge in [0.1, 0.15) is 6.61 Å². The van der Waals surface area contributed by atoms with Gasteiger partial charge in [-0.2, -0.15) is 0 Å².